The standard InChI is InChI=1S/C21H23FN2O3/c22-17-11-9-16(10-12-17)14-24(18-6-2-1-3-7-18)20(25)15-27-21(26)19-8-4-5-13-23-19/h4-5,8-13,18H,1-3,6-7,14-15H2. The van der Waals surface area contributed by atoms with Gasteiger partial charge < -0.3 is 9.64 Å². The Kier molecular flexibility index (Phi) is 6.52. The van der Waals surface area contributed by atoms with Gasteiger partial charge in [0.25, 0.3) is 5.91 Å². The van der Waals surface area contributed by atoms with E-state index in [-0.39, 0.29) is 30.1 Å². The van der Waals surface area contributed by atoms with E-state index in [0.717, 1.165) is 31.2 Å². The van der Waals surface area contributed by atoms with Crippen molar-refractivity contribution in [3.8, 4) is 0 Å². The maximum Gasteiger partial charge on any atom is 0.357 e. The highest BCUT2D eigenvalue weighted by atomic mass is 19.1. The lowest BCUT2D eigenvalue weighted by Gasteiger charge is -2.34. The van der Waals surface area contributed by atoms with Crippen molar-refractivity contribution in [3.63, 3.8) is 0 Å². The first kappa shape index (κ1) is 19.0. The van der Waals surface area contributed by atoms with Crippen LogP contribution in [-0.4, -0.2) is 34.4 Å². The molecular weight excluding hydrogens is 347 g/mol. The molecule has 1 amide bonds. The van der Waals surface area contributed by atoms with Crippen LogP contribution in [0.1, 0.15) is 48.2 Å². The second-order valence-corrected chi connectivity index (χ2v) is 6.73. The first-order valence-corrected chi connectivity index (χ1v) is 9.25. The first-order valence-electron chi connectivity index (χ1n) is 9.25. The number of hydrogen-bond donors (Lipinski definition) is 0. The van der Waals surface area contributed by atoms with E-state index in [0.29, 0.717) is 6.54 Å². The Labute approximate surface area is 158 Å². The highest BCUT2D eigenvalue weighted by Gasteiger charge is 2.26. The molecule has 2 aromatic rings. The molecule has 1 fully saturated rings. The number of esters is 1. The monoisotopic (exact) mass is 370 g/mol. The SMILES string of the molecule is O=C(OCC(=O)N(Cc1ccc(F)cc1)C1CCCCC1)c1ccccn1. The number of pyridine rings is 1. The predicted molar refractivity (Wildman–Crippen MR) is 98.3 cm³/mol. The molecule has 0 unspecified atom stereocenters. The second-order valence-electron chi connectivity index (χ2n) is 6.73. The Balaban J connectivity index is 1.66. The van der Waals surface area contributed by atoms with Gasteiger partial charge in [-0.1, -0.05) is 37.5 Å². The van der Waals surface area contributed by atoms with Crippen molar-refractivity contribution >= 4 is 11.9 Å². The van der Waals surface area contributed by atoms with Gasteiger partial charge >= 0.3 is 5.97 Å². The first-order chi connectivity index (χ1) is 13.1. The van der Waals surface area contributed by atoms with Crippen LogP contribution in [0.15, 0.2) is 48.7 Å². The summed E-state index contributed by atoms with van der Waals surface area (Å²) in [6.45, 7) is 0.0536. The fourth-order valence-corrected chi connectivity index (χ4v) is 3.37. The molecule has 0 spiro atoms. The largest absolute Gasteiger partial charge is 0.451 e. The fourth-order valence-electron chi connectivity index (χ4n) is 3.37. The van der Waals surface area contributed by atoms with E-state index in [4.69, 9.17) is 4.74 Å². The van der Waals surface area contributed by atoms with Crippen molar-refractivity contribution < 1.29 is 18.7 Å². The lowest BCUT2D eigenvalue weighted by molar-refractivity contribution is -0.138. The molecule has 0 aliphatic heterocycles. The van der Waals surface area contributed by atoms with Crippen LogP contribution >= 0.6 is 0 Å². The average molecular weight is 370 g/mol. The fraction of sp³-hybridized carbons (Fsp3) is 0.381. The highest BCUT2D eigenvalue weighted by molar-refractivity contribution is 5.89. The van der Waals surface area contributed by atoms with Gasteiger partial charge in [-0.25, -0.2) is 14.2 Å². The molecule has 0 radical (unpaired) electrons. The molecule has 6 heteroatoms. The maximum absolute atomic E-state index is 13.2. The number of rotatable bonds is 6. The molecule has 142 valence electrons. The lowest BCUT2D eigenvalue weighted by atomic mass is 9.93. The van der Waals surface area contributed by atoms with E-state index >= 15 is 0 Å². The zero-order chi connectivity index (χ0) is 19.1. The molecule has 0 saturated heterocycles. The molecule has 0 atom stereocenters. The van der Waals surface area contributed by atoms with Gasteiger partial charge in [-0.3, -0.25) is 4.79 Å². The molecule has 1 aromatic carbocycles. The van der Waals surface area contributed by atoms with Gasteiger partial charge in [0.05, 0.1) is 0 Å². The smallest absolute Gasteiger partial charge is 0.357 e. The van der Waals surface area contributed by atoms with Crippen molar-refractivity contribution in [3.05, 3.63) is 65.7 Å². The van der Waals surface area contributed by atoms with Crippen LogP contribution < -0.4 is 0 Å². The molecule has 27 heavy (non-hydrogen) atoms. The molecule has 1 heterocycles. The Morgan fingerprint density at radius 2 is 1.81 bits per heavy atom. The molecule has 1 saturated carbocycles. The van der Waals surface area contributed by atoms with Gasteiger partial charge in [0, 0.05) is 18.8 Å². The normalized spacial score (nSPS) is 14.6. The summed E-state index contributed by atoms with van der Waals surface area (Å²) in [7, 11) is 0. The van der Waals surface area contributed by atoms with Crippen LogP contribution in [0, 0.1) is 5.82 Å². The van der Waals surface area contributed by atoms with Gasteiger partial charge in [-0.2, -0.15) is 0 Å². The van der Waals surface area contributed by atoms with Crippen molar-refractivity contribution in [1.29, 1.82) is 0 Å². The number of amides is 1. The van der Waals surface area contributed by atoms with Gasteiger partial charge in [-0.15, -0.1) is 0 Å². The Morgan fingerprint density at radius 3 is 2.48 bits per heavy atom. The van der Waals surface area contributed by atoms with Crippen molar-refractivity contribution in [1.82, 2.24) is 9.88 Å². The quantitative estimate of drug-likeness (QED) is 0.727. The van der Waals surface area contributed by atoms with Crippen LogP contribution in [0.25, 0.3) is 0 Å². The van der Waals surface area contributed by atoms with E-state index in [1.807, 2.05) is 0 Å². The highest BCUT2D eigenvalue weighted by Crippen LogP contribution is 2.24. The summed E-state index contributed by atoms with van der Waals surface area (Å²) in [6.07, 6.45) is 6.68. The number of halogens is 1. The molecule has 3 rings (SSSR count). The van der Waals surface area contributed by atoms with Crippen molar-refractivity contribution in [2.24, 2.45) is 0 Å². The van der Waals surface area contributed by atoms with Crippen LogP contribution in [-0.2, 0) is 16.1 Å². The zero-order valence-electron chi connectivity index (χ0n) is 15.1. The Bertz CT molecular complexity index is 759. The van der Waals surface area contributed by atoms with E-state index in [1.54, 1.807) is 35.2 Å². The Morgan fingerprint density at radius 1 is 1.07 bits per heavy atom. The van der Waals surface area contributed by atoms with Gasteiger partial charge in [0.15, 0.2) is 6.61 Å². The average Bonchev–Trinajstić information content (AvgIpc) is 2.72. The number of carbonyl (C=O) groups is 2. The minimum absolute atomic E-state index is 0.116. The van der Waals surface area contributed by atoms with Gasteiger partial charge in [0.2, 0.25) is 0 Å². The molecular formula is C21H23FN2O3. The lowest BCUT2D eigenvalue weighted by Crippen LogP contribution is -2.43. The summed E-state index contributed by atoms with van der Waals surface area (Å²) in [4.78, 5) is 30.5. The minimum Gasteiger partial charge on any atom is -0.451 e. The van der Waals surface area contributed by atoms with Crippen LogP contribution in [0.2, 0.25) is 0 Å². The van der Waals surface area contributed by atoms with Crippen molar-refractivity contribution in [2.75, 3.05) is 6.61 Å². The molecule has 5 nitrogen and oxygen atoms in total. The number of hydrogen-bond acceptors (Lipinski definition) is 4. The number of aromatic nitrogens is 1. The third kappa shape index (κ3) is 5.36. The molecule has 1 aromatic heterocycles. The van der Waals surface area contributed by atoms with Gasteiger partial charge in [-0.05, 0) is 42.7 Å². The van der Waals surface area contributed by atoms with E-state index in [1.165, 1.54) is 24.8 Å². The molecule has 1 aliphatic rings. The summed E-state index contributed by atoms with van der Waals surface area (Å²) >= 11 is 0. The summed E-state index contributed by atoms with van der Waals surface area (Å²) < 4.78 is 18.3. The Hall–Kier alpha value is -2.76. The molecule has 0 bridgehead atoms. The van der Waals surface area contributed by atoms with E-state index in [2.05, 4.69) is 4.98 Å². The summed E-state index contributed by atoms with van der Waals surface area (Å²) in [6, 6.07) is 11.2. The summed E-state index contributed by atoms with van der Waals surface area (Å²) in [5, 5.41) is 0. The zero-order valence-corrected chi connectivity index (χ0v) is 15.1. The van der Waals surface area contributed by atoms with Crippen molar-refractivity contribution in [2.45, 2.75) is 44.7 Å². The maximum atomic E-state index is 13.2. The molecule has 1 aliphatic carbocycles. The number of ether oxygens (including phenoxy) is 1. The minimum atomic E-state index is -0.616. The van der Waals surface area contributed by atoms with E-state index < -0.39 is 5.97 Å². The van der Waals surface area contributed by atoms with E-state index in [9.17, 15) is 14.0 Å². The third-order valence-electron chi connectivity index (χ3n) is 4.80. The number of benzene rings is 1. The second kappa shape index (κ2) is 9.26. The van der Waals surface area contributed by atoms with Crippen LogP contribution in [0.5, 0.6) is 0 Å². The summed E-state index contributed by atoms with van der Waals surface area (Å²) in [5.41, 5.74) is 1.03. The van der Waals surface area contributed by atoms with Gasteiger partial charge in [0.1, 0.15) is 11.5 Å². The molecule has 0 N–H and O–H groups in total. The van der Waals surface area contributed by atoms with Crippen LogP contribution in [0.3, 0.4) is 0 Å². The topological polar surface area (TPSA) is 59.5 Å². The third-order valence-corrected chi connectivity index (χ3v) is 4.80. The predicted octanol–water partition coefficient (Wildman–Crippen LogP) is 3.74. The number of carbonyl (C=O) groups excluding carboxylic acids is 2. The van der Waals surface area contributed by atoms with Crippen LogP contribution in [0.4, 0.5) is 4.39 Å². The summed E-state index contributed by atoms with van der Waals surface area (Å²) in [5.74, 6) is -1.16. The number of nitrogens with zero attached hydrogens (tertiary/aromatic N) is 2.